The number of likely N-dealkylation sites (tertiary alicyclic amines) is 2. The third-order valence-electron chi connectivity index (χ3n) is 6.57. The van der Waals surface area contributed by atoms with E-state index in [0.717, 1.165) is 31.4 Å². The van der Waals surface area contributed by atoms with Gasteiger partial charge in [0.1, 0.15) is 22.8 Å². The molecule has 0 radical (unpaired) electrons. The van der Waals surface area contributed by atoms with Gasteiger partial charge in [-0.25, -0.2) is 0 Å². The van der Waals surface area contributed by atoms with Crippen LogP contribution in [0, 0.1) is 19.3 Å². The summed E-state index contributed by atoms with van der Waals surface area (Å²) in [6.45, 7) is 5.70. The zero-order valence-electron chi connectivity index (χ0n) is 19.0. The third kappa shape index (κ3) is 5.28. The summed E-state index contributed by atoms with van der Waals surface area (Å²) in [5, 5.41) is 3.86. The second-order valence-corrected chi connectivity index (χ2v) is 8.86. The van der Waals surface area contributed by atoms with Gasteiger partial charge in [0.15, 0.2) is 6.61 Å². The van der Waals surface area contributed by atoms with E-state index < -0.39 is 6.36 Å². The number of benzene rings is 1. The first-order chi connectivity index (χ1) is 16.1. The number of carbonyl (C=O) groups excluding carboxylic acids is 2. The average Bonchev–Trinajstić information content (AvgIpc) is 3.35. The van der Waals surface area contributed by atoms with Crippen LogP contribution in [-0.4, -0.2) is 65.9 Å². The first-order valence-electron chi connectivity index (χ1n) is 11.0. The van der Waals surface area contributed by atoms with E-state index in [1.54, 1.807) is 18.7 Å². The Bertz CT molecular complexity index is 1020. The van der Waals surface area contributed by atoms with Crippen LogP contribution in [-0.2, 0) is 4.79 Å². The number of ether oxygens (including phenoxy) is 2. The number of amides is 2. The molecule has 184 valence electrons. The molecule has 0 aliphatic carbocycles. The van der Waals surface area contributed by atoms with E-state index in [2.05, 4.69) is 9.89 Å². The fraction of sp³-hybridized carbons (Fsp3) is 0.522. The van der Waals surface area contributed by atoms with Crippen molar-refractivity contribution in [3.63, 3.8) is 0 Å². The number of halogens is 3. The SMILES string of the molecule is Cc1noc(C)c1C(=O)N1CCC2(CCN(C(=O)COc3ccc(OC(F)(F)F)cc3)C2)CC1. The summed E-state index contributed by atoms with van der Waals surface area (Å²) in [6.07, 6.45) is -2.31. The van der Waals surface area contributed by atoms with Crippen molar-refractivity contribution in [3.05, 3.63) is 41.3 Å². The Kier molecular flexibility index (Phi) is 6.46. The van der Waals surface area contributed by atoms with Gasteiger partial charge in [0.25, 0.3) is 11.8 Å². The van der Waals surface area contributed by atoms with Gasteiger partial charge in [0, 0.05) is 26.2 Å². The minimum absolute atomic E-state index is 0.0260. The Hall–Kier alpha value is -3.24. The van der Waals surface area contributed by atoms with Gasteiger partial charge in [-0.1, -0.05) is 5.16 Å². The van der Waals surface area contributed by atoms with Gasteiger partial charge >= 0.3 is 6.36 Å². The number of piperidine rings is 1. The zero-order chi connectivity index (χ0) is 24.5. The molecule has 2 amide bonds. The molecule has 0 unspecified atom stereocenters. The summed E-state index contributed by atoms with van der Waals surface area (Å²) in [4.78, 5) is 29.1. The van der Waals surface area contributed by atoms with Gasteiger partial charge < -0.3 is 23.8 Å². The van der Waals surface area contributed by atoms with E-state index in [4.69, 9.17) is 9.26 Å². The molecule has 0 saturated carbocycles. The van der Waals surface area contributed by atoms with Gasteiger partial charge in [-0.3, -0.25) is 9.59 Å². The first-order valence-corrected chi connectivity index (χ1v) is 11.0. The minimum Gasteiger partial charge on any atom is -0.484 e. The Labute approximate surface area is 194 Å². The molecule has 2 saturated heterocycles. The van der Waals surface area contributed by atoms with Crippen LogP contribution in [0.1, 0.15) is 41.1 Å². The van der Waals surface area contributed by atoms with Gasteiger partial charge in [-0.15, -0.1) is 13.2 Å². The molecule has 8 nitrogen and oxygen atoms in total. The number of alkyl halides is 3. The maximum atomic E-state index is 12.9. The molecule has 0 atom stereocenters. The molecule has 2 aliphatic rings. The molecular weight excluding hydrogens is 455 g/mol. The van der Waals surface area contributed by atoms with Crippen molar-refractivity contribution in [1.29, 1.82) is 0 Å². The van der Waals surface area contributed by atoms with Crippen molar-refractivity contribution >= 4 is 11.8 Å². The van der Waals surface area contributed by atoms with Gasteiger partial charge in [-0.2, -0.15) is 0 Å². The fourth-order valence-corrected chi connectivity index (χ4v) is 4.66. The highest BCUT2D eigenvalue weighted by molar-refractivity contribution is 5.96. The maximum absolute atomic E-state index is 12.9. The molecule has 4 rings (SSSR count). The molecule has 1 spiro atoms. The van der Waals surface area contributed by atoms with E-state index in [1.807, 2.05) is 4.90 Å². The largest absolute Gasteiger partial charge is 0.573 e. The Morgan fingerprint density at radius 2 is 1.62 bits per heavy atom. The highest BCUT2D eigenvalue weighted by atomic mass is 19.4. The van der Waals surface area contributed by atoms with Crippen LogP contribution in [0.4, 0.5) is 13.2 Å². The summed E-state index contributed by atoms with van der Waals surface area (Å²) < 4.78 is 51.1. The molecule has 2 aliphatic heterocycles. The maximum Gasteiger partial charge on any atom is 0.573 e. The monoisotopic (exact) mass is 481 g/mol. The van der Waals surface area contributed by atoms with Gasteiger partial charge in [-0.05, 0) is 62.8 Å². The minimum atomic E-state index is -4.76. The molecular formula is C23H26F3N3O5. The van der Waals surface area contributed by atoms with E-state index in [9.17, 15) is 22.8 Å². The Morgan fingerprint density at radius 1 is 1.03 bits per heavy atom. The van der Waals surface area contributed by atoms with Crippen LogP contribution in [0.3, 0.4) is 0 Å². The first kappa shape index (κ1) is 23.9. The number of aromatic nitrogens is 1. The number of carbonyl (C=O) groups is 2. The van der Waals surface area contributed by atoms with E-state index in [1.165, 1.54) is 12.1 Å². The van der Waals surface area contributed by atoms with E-state index in [-0.39, 0.29) is 35.3 Å². The molecule has 1 aromatic heterocycles. The summed E-state index contributed by atoms with van der Waals surface area (Å²) in [7, 11) is 0. The predicted molar refractivity (Wildman–Crippen MR) is 113 cm³/mol. The quantitative estimate of drug-likeness (QED) is 0.647. The number of aryl methyl sites for hydroxylation is 2. The Balaban J connectivity index is 1.26. The lowest BCUT2D eigenvalue weighted by atomic mass is 9.77. The van der Waals surface area contributed by atoms with Crippen LogP contribution in [0.15, 0.2) is 28.8 Å². The van der Waals surface area contributed by atoms with Gasteiger partial charge in [0.2, 0.25) is 0 Å². The summed E-state index contributed by atoms with van der Waals surface area (Å²) >= 11 is 0. The van der Waals surface area contributed by atoms with Crippen LogP contribution < -0.4 is 9.47 Å². The molecule has 0 bridgehead atoms. The normalized spacial score (nSPS) is 17.8. The van der Waals surface area contributed by atoms with Crippen molar-refractivity contribution in [2.75, 3.05) is 32.8 Å². The smallest absolute Gasteiger partial charge is 0.484 e. The third-order valence-corrected chi connectivity index (χ3v) is 6.57. The van der Waals surface area contributed by atoms with E-state index in [0.29, 0.717) is 43.2 Å². The fourth-order valence-electron chi connectivity index (χ4n) is 4.66. The molecule has 34 heavy (non-hydrogen) atoms. The molecule has 2 fully saturated rings. The molecule has 0 N–H and O–H groups in total. The topological polar surface area (TPSA) is 85.1 Å². The highest BCUT2D eigenvalue weighted by Crippen LogP contribution is 2.41. The molecule has 2 aromatic rings. The Morgan fingerprint density at radius 3 is 2.18 bits per heavy atom. The predicted octanol–water partition coefficient (Wildman–Crippen LogP) is 3.72. The lowest BCUT2D eigenvalue weighted by Crippen LogP contribution is -2.45. The number of hydrogen-bond donors (Lipinski definition) is 0. The molecule has 1 aromatic carbocycles. The highest BCUT2D eigenvalue weighted by Gasteiger charge is 2.43. The zero-order valence-corrected chi connectivity index (χ0v) is 19.0. The van der Waals surface area contributed by atoms with Crippen molar-refractivity contribution in [3.8, 4) is 11.5 Å². The summed E-state index contributed by atoms with van der Waals surface area (Å²) in [6, 6.07) is 4.92. The van der Waals surface area contributed by atoms with Crippen molar-refractivity contribution in [2.45, 2.75) is 39.5 Å². The lowest BCUT2D eigenvalue weighted by molar-refractivity contribution is -0.274. The van der Waals surface area contributed by atoms with Gasteiger partial charge in [0.05, 0.1) is 5.69 Å². The van der Waals surface area contributed by atoms with Crippen molar-refractivity contribution < 1.29 is 36.8 Å². The molecule has 11 heteroatoms. The summed E-state index contributed by atoms with van der Waals surface area (Å²) in [5.74, 6) is 0.191. The number of hydrogen-bond acceptors (Lipinski definition) is 6. The number of rotatable bonds is 5. The van der Waals surface area contributed by atoms with Crippen molar-refractivity contribution in [2.24, 2.45) is 5.41 Å². The summed E-state index contributed by atoms with van der Waals surface area (Å²) in [5.41, 5.74) is 1.08. The second kappa shape index (κ2) is 9.19. The average molecular weight is 481 g/mol. The van der Waals surface area contributed by atoms with Crippen LogP contribution >= 0.6 is 0 Å². The van der Waals surface area contributed by atoms with Crippen LogP contribution in [0.5, 0.6) is 11.5 Å². The van der Waals surface area contributed by atoms with Crippen molar-refractivity contribution in [1.82, 2.24) is 15.0 Å². The number of nitrogens with zero attached hydrogens (tertiary/aromatic N) is 3. The molecule has 3 heterocycles. The van der Waals surface area contributed by atoms with Crippen LogP contribution in [0.2, 0.25) is 0 Å². The van der Waals surface area contributed by atoms with Crippen LogP contribution in [0.25, 0.3) is 0 Å². The second-order valence-electron chi connectivity index (χ2n) is 8.86. The lowest BCUT2D eigenvalue weighted by Gasteiger charge is -2.39. The van der Waals surface area contributed by atoms with E-state index >= 15 is 0 Å². The standard InChI is InChI=1S/C23H26F3N3O5/c1-15-20(16(2)34-27-15)21(31)28-10-7-22(8-11-28)9-12-29(14-22)19(30)13-32-17-3-5-18(6-4-17)33-23(24,25)26/h3-6H,7-14H2,1-2H3.